The third kappa shape index (κ3) is 4.44. The molecule has 0 saturated carbocycles. The van der Waals surface area contributed by atoms with Crippen LogP contribution in [-0.4, -0.2) is 75.5 Å². The first-order valence-corrected chi connectivity index (χ1v) is 10.2. The molecule has 2 saturated heterocycles. The first-order chi connectivity index (χ1) is 13.5. The molecular formula is C15H26N12S. The molecule has 2 fully saturated rings. The van der Waals surface area contributed by atoms with Crippen molar-refractivity contribution in [2.45, 2.75) is 37.0 Å². The molecule has 0 bridgehead atoms. The minimum absolute atomic E-state index is 0.0274. The van der Waals surface area contributed by atoms with Gasteiger partial charge in [-0.15, -0.1) is 10.2 Å². The van der Waals surface area contributed by atoms with Crippen LogP contribution in [0.15, 0.2) is 5.51 Å². The Kier molecular flexibility index (Phi) is 5.50. The quantitative estimate of drug-likeness (QED) is 0.384. The first kappa shape index (κ1) is 19.1. The van der Waals surface area contributed by atoms with Crippen LogP contribution in [0.2, 0.25) is 0 Å². The molecule has 28 heavy (non-hydrogen) atoms. The highest BCUT2D eigenvalue weighted by atomic mass is 32.1. The predicted molar refractivity (Wildman–Crippen MR) is 109 cm³/mol. The fraction of sp³-hybridized carbons (Fsp3) is 0.667. The number of nitrogens with two attached hydrogens (primary N) is 4. The maximum Gasteiger partial charge on any atom is 0.235 e. The smallest absolute Gasteiger partial charge is 0.235 e. The van der Waals surface area contributed by atoms with Crippen molar-refractivity contribution in [1.82, 2.24) is 25.1 Å². The summed E-state index contributed by atoms with van der Waals surface area (Å²) in [5.41, 5.74) is 26.2. The number of rotatable bonds is 4. The topological polar surface area (TPSA) is 187 Å². The van der Waals surface area contributed by atoms with Crippen LogP contribution in [0, 0.1) is 0 Å². The van der Waals surface area contributed by atoms with E-state index < -0.39 is 0 Å². The molecule has 4 rings (SSSR count). The van der Waals surface area contributed by atoms with E-state index in [-0.39, 0.29) is 24.2 Å². The third-order valence-corrected chi connectivity index (χ3v) is 5.39. The molecule has 0 radical (unpaired) electrons. The van der Waals surface area contributed by atoms with Crippen LogP contribution in [0.4, 0.5) is 23.0 Å². The lowest BCUT2D eigenvalue weighted by atomic mass is 10.0. The minimum atomic E-state index is -0.0274. The molecule has 4 unspecified atom stereocenters. The van der Waals surface area contributed by atoms with Crippen LogP contribution in [0.5, 0.6) is 0 Å². The van der Waals surface area contributed by atoms with E-state index in [2.05, 4.69) is 30.5 Å². The lowest BCUT2D eigenvalue weighted by Gasteiger charge is -2.36. The van der Waals surface area contributed by atoms with E-state index in [4.69, 9.17) is 22.9 Å². The van der Waals surface area contributed by atoms with Crippen molar-refractivity contribution in [2.24, 2.45) is 22.9 Å². The summed E-state index contributed by atoms with van der Waals surface area (Å²) in [6.07, 6.45) is 1.56. The van der Waals surface area contributed by atoms with Gasteiger partial charge in [0.2, 0.25) is 23.0 Å². The number of hydrogen-bond acceptors (Lipinski definition) is 13. The van der Waals surface area contributed by atoms with E-state index in [1.165, 1.54) is 11.3 Å². The van der Waals surface area contributed by atoms with Gasteiger partial charge in [-0.1, -0.05) is 11.3 Å². The van der Waals surface area contributed by atoms with Gasteiger partial charge < -0.3 is 32.7 Å². The Morgan fingerprint density at radius 3 is 1.75 bits per heavy atom. The Labute approximate surface area is 166 Å². The van der Waals surface area contributed by atoms with Gasteiger partial charge in [0.15, 0.2) is 0 Å². The van der Waals surface area contributed by atoms with Crippen molar-refractivity contribution < 1.29 is 0 Å². The van der Waals surface area contributed by atoms with Gasteiger partial charge in [0.1, 0.15) is 5.51 Å². The van der Waals surface area contributed by atoms with Gasteiger partial charge in [-0.3, -0.25) is 5.32 Å². The van der Waals surface area contributed by atoms with Crippen molar-refractivity contribution >= 4 is 34.3 Å². The van der Waals surface area contributed by atoms with Gasteiger partial charge >= 0.3 is 0 Å². The van der Waals surface area contributed by atoms with E-state index >= 15 is 0 Å². The highest BCUT2D eigenvalue weighted by Gasteiger charge is 2.28. The lowest BCUT2D eigenvalue weighted by Crippen LogP contribution is -2.54. The number of hydrogen-bond donors (Lipinski definition) is 5. The Hall–Kier alpha value is -2.19. The first-order valence-electron chi connectivity index (χ1n) is 9.27. The molecular weight excluding hydrogens is 380 g/mol. The summed E-state index contributed by atoms with van der Waals surface area (Å²) in [5.74, 6) is 1.43. The maximum absolute atomic E-state index is 6.15. The summed E-state index contributed by atoms with van der Waals surface area (Å²) in [4.78, 5) is 17.8. The fourth-order valence-electron chi connectivity index (χ4n) is 3.70. The molecule has 4 heterocycles. The molecule has 2 aliphatic rings. The zero-order valence-electron chi connectivity index (χ0n) is 15.5. The van der Waals surface area contributed by atoms with Crippen LogP contribution >= 0.6 is 11.3 Å². The number of anilines is 4. The molecule has 2 aliphatic heterocycles. The van der Waals surface area contributed by atoms with E-state index in [0.29, 0.717) is 49.2 Å². The van der Waals surface area contributed by atoms with E-state index in [0.717, 1.165) is 12.8 Å². The zero-order valence-corrected chi connectivity index (χ0v) is 16.3. The Balaban J connectivity index is 1.66. The average Bonchev–Trinajstić information content (AvgIpc) is 3.13. The maximum atomic E-state index is 6.15. The van der Waals surface area contributed by atoms with E-state index in [9.17, 15) is 0 Å². The van der Waals surface area contributed by atoms with Crippen molar-refractivity contribution in [2.75, 3.05) is 41.3 Å². The number of nitrogens with zero attached hydrogens (tertiary/aromatic N) is 7. The summed E-state index contributed by atoms with van der Waals surface area (Å²) in [5, 5.41) is 11.5. The van der Waals surface area contributed by atoms with Crippen molar-refractivity contribution in [3.8, 4) is 0 Å². The summed E-state index contributed by atoms with van der Waals surface area (Å²) in [7, 11) is 0. The second kappa shape index (κ2) is 8.05. The minimum Gasteiger partial charge on any atom is -0.338 e. The van der Waals surface area contributed by atoms with E-state index in [1.54, 1.807) is 5.51 Å². The molecule has 2 aromatic rings. The second-order valence-corrected chi connectivity index (χ2v) is 8.28. The Morgan fingerprint density at radius 2 is 1.32 bits per heavy atom. The monoisotopic (exact) mass is 406 g/mol. The highest BCUT2D eigenvalue weighted by molar-refractivity contribution is 7.13. The molecule has 12 nitrogen and oxygen atoms in total. The normalized spacial score (nSPS) is 28.4. The molecule has 0 amide bonds. The summed E-state index contributed by atoms with van der Waals surface area (Å²) in [6, 6.07) is -0.110. The van der Waals surface area contributed by atoms with Crippen molar-refractivity contribution in [1.29, 1.82) is 0 Å². The molecule has 2 aromatic heterocycles. The Bertz CT molecular complexity index is 721. The predicted octanol–water partition coefficient (Wildman–Crippen LogP) is -1.80. The number of nitrogens with one attached hydrogen (secondary N) is 1. The largest absolute Gasteiger partial charge is 0.338 e. The Morgan fingerprint density at radius 1 is 0.821 bits per heavy atom. The van der Waals surface area contributed by atoms with Crippen LogP contribution in [0.1, 0.15) is 12.8 Å². The molecule has 0 aromatic carbocycles. The molecule has 9 N–H and O–H groups in total. The summed E-state index contributed by atoms with van der Waals surface area (Å²) in [6.45, 7) is 2.53. The summed E-state index contributed by atoms with van der Waals surface area (Å²) < 4.78 is 0. The van der Waals surface area contributed by atoms with Gasteiger partial charge in [0.05, 0.1) is 0 Å². The highest BCUT2D eigenvalue weighted by Crippen LogP contribution is 2.23. The molecule has 0 aliphatic carbocycles. The van der Waals surface area contributed by atoms with Gasteiger partial charge in [0.25, 0.3) is 0 Å². The van der Waals surface area contributed by atoms with Crippen LogP contribution < -0.4 is 38.1 Å². The zero-order chi connectivity index (χ0) is 19.7. The lowest BCUT2D eigenvalue weighted by molar-refractivity contribution is 0.441. The van der Waals surface area contributed by atoms with Gasteiger partial charge in [-0.25, -0.2) is 0 Å². The van der Waals surface area contributed by atoms with Crippen LogP contribution in [0.25, 0.3) is 0 Å². The van der Waals surface area contributed by atoms with Crippen LogP contribution in [-0.2, 0) is 0 Å². The molecule has 13 heteroatoms. The third-order valence-electron chi connectivity index (χ3n) is 4.79. The second-order valence-electron chi connectivity index (χ2n) is 7.45. The molecule has 4 atom stereocenters. The van der Waals surface area contributed by atoms with Crippen molar-refractivity contribution in [3.05, 3.63) is 5.51 Å². The standard InChI is InChI=1S/C15H26N12S/c16-8-1-9(17)4-26(3-8)13-21-12(23-15-25-20-7-28-15)22-14(24-13)27-5-10(18)2-11(19)6-27/h7-11H,1-6,16-19H2,(H,21,22,23,24,25). The number of aromatic nitrogens is 5. The van der Waals surface area contributed by atoms with Crippen molar-refractivity contribution in [3.63, 3.8) is 0 Å². The van der Waals surface area contributed by atoms with E-state index in [1.807, 2.05) is 9.80 Å². The molecule has 0 spiro atoms. The average molecular weight is 407 g/mol. The molecule has 152 valence electrons. The van der Waals surface area contributed by atoms with Gasteiger partial charge in [-0.05, 0) is 12.8 Å². The SMILES string of the molecule is NC1CC(N)CN(c2nc(Nc3nncs3)nc(N3CC(N)CC(N)C3)n2)C1. The van der Waals surface area contributed by atoms with Gasteiger partial charge in [-0.2, -0.15) is 15.0 Å². The van der Waals surface area contributed by atoms with Crippen LogP contribution in [0.3, 0.4) is 0 Å². The number of piperidine rings is 2. The fourth-order valence-corrected chi connectivity index (χ4v) is 4.14. The van der Waals surface area contributed by atoms with Gasteiger partial charge in [0, 0.05) is 50.3 Å². The summed E-state index contributed by atoms with van der Waals surface area (Å²) >= 11 is 1.36.